The summed E-state index contributed by atoms with van der Waals surface area (Å²) in [7, 11) is -3.88. The Morgan fingerprint density at radius 1 is 1.30 bits per heavy atom. The van der Waals surface area contributed by atoms with Gasteiger partial charge in [-0.1, -0.05) is 27.7 Å². The minimum absolute atomic E-state index is 0.320. The third-order valence-electron chi connectivity index (χ3n) is 1.76. The van der Waals surface area contributed by atoms with Crippen molar-refractivity contribution < 1.29 is 14.4 Å². The summed E-state index contributed by atoms with van der Waals surface area (Å²) in [5, 5.41) is 0. The Kier molecular flexibility index (Phi) is 2.69. The number of rotatable bonds is 1. The van der Waals surface area contributed by atoms with Gasteiger partial charge in [-0.2, -0.15) is 0 Å². The molecule has 4 heteroatoms. The average Bonchev–Trinajstić information content (AvgIpc) is 1.59. The first-order valence-electron chi connectivity index (χ1n) is 3.21. The molecule has 0 aliphatic heterocycles. The van der Waals surface area contributed by atoms with Crippen LogP contribution in [0.2, 0.25) is 0 Å². The van der Waals surface area contributed by atoms with Gasteiger partial charge in [-0.05, 0) is 5.41 Å². The van der Waals surface area contributed by atoms with Crippen LogP contribution in [0.5, 0.6) is 0 Å². The van der Waals surface area contributed by atoms with Crippen molar-refractivity contribution in [1.82, 2.24) is 0 Å². The van der Waals surface area contributed by atoms with Crippen LogP contribution in [0.4, 0.5) is 0 Å². The molecule has 0 saturated carbocycles. The predicted octanol–water partition coefficient (Wildman–Crippen LogP) is 1.60. The van der Waals surface area contributed by atoms with E-state index in [1.54, 1.807) is 6.92 Å². The molecule has 0 aromatic carbocycles. The minimum Gasteiger partial charge on any atom is -0.324 e. The molecular weight excluding hydrogens is 151 g/mol. The van der Waals surface area contributed by atoms with Crippen LogP contribution in [0.3, 0.4) is 0 Å². The standard InChI is InChI=1S/C6H15O3P/c1-5(6(2,3)4)10(7,8)9/h5H,1-4H3,(H2,7,8,9). The van der Waals surface area contributed by atoms with E-state index in [1.807, 2.05) is 20.8 Å². The summed E-state index contributed by atoms with van der Waals surface area (Å²) in [6.07, 6.45) is 0. The molecule has 0 rings (SSSR count). The molecule has 0 spiro atoms. The monoisotopic (exact) mass is 166 g/mol. The Morgan fingerprint density at radius 3 is 1.60 bits per heavy atom. The fourth-order valence-corrected chi connectivity index (χ4v) is 1.51. The Bertz CT molecular complexity index is 153. The number of hydrogen-bond acceptors (Lipinski definition) is 1. The van der Waals surface area contributed by atoms with E-state index in [-0.39, 0.29) is 5.41 Å². The molecule has 62 valence electrons. The van der Waals surface area contributed by atoms with Gasteiger partial charge in [0, 0.05) is 0 Å². The molecular formula is C6H15O3P. The van der Waals surface area contributed by atoms with E-state index in [2.05, 4.69) is 0 Å². The first-order chi connectivity index (χ1) is 4.15. The molecule has 2 N–H and O–H groups in total. The molecule has 1 atom stereocenters. The summed E-state index contributed by atoms with van der Waals surface area (Å²) in [6.45, 7) is 7.02. The summed E-state index contributed by atoms with van der Waals surface area (Å²) in [4.78, 5) is 17.5. The molecule has 3 nitrogen and oxygen atoms in total. The van der Waals surface area contributed by atoms with E-state index in [9.17, 15) is 4.57 Å². The molecule has 0 aromatic rings. The molecule has 0 fully saturated rings. The lowest BCUT2D eigenvalue weighted by Crippen LogP contribution is -2.22. The first-order valence-corrected chi connectivity index (χ1v) is 4.89. The smallest absolute Gasteiger partial charge is 0.324 e. The summed E-state index contributed by atoms with van der Waals surface area (Å²) in [5.41, 5.74) is -0.890. The van der Waals surface area contributed by atoms with Crippen LogP contribution in [0, 0.1) is 5.41 Å². The highest BCUT2D eigenvalue weighted by atomic mass is 31.2. The van der Waals surface area contributed by atoms with Gasteiger partial charge in [0.2, 0.25) is 0 Å². The molecule has 0 saturated heterocycles. The van der Waals surface area contributed by atoms with Gasteiger partial charge in [0.05, 0.1) is 5.66 Å². The Labute approximate surface area is 61.6 Å². The average molecular weight is 166 g/mol. The first kappa shape index (κ1) is 10.2. The summed E-state index contributed by atoms with van der Waals surface area (Å²) < 4.78 is 10.7. The fraction of sp³-hybridized carbons (Fsp3) is 1.00. The van der Waals surface area contributed by atoms with Crippen molar-refractivity contribution in [2.45, 2.75) is 33.4 Å². The fourth-order valence-electron chi connectivity index (χ4n) is 0.505. The minimum atomic E-state index is -3.88. The maximum Gasteiger partial charge on any atom is 0.328 e. The highest BCUT2D eigenvalue weighted by Crippen LogP contribution is 2.48. The van der Waals surface area contributed by atoms with Crippen molar-refractivity contribution in [2.24, 2.45) is 5.41 Å². The lowest BCUT2D eigenvalue weighted by molar-refractivity contribution is 0.304. The largest absolute Gasteiger partial charge is 0.328 e. The second-order valence-corrected chi connectivity index (χ2v) is 5.58. The summed E-state index contributed by atoms with van der Waals surface area (Å²) >= 11 is 0. The van der Waals surface area contributed by atoms with Gasteiger partial charge >= 0.3 is 7.60 Å². The van der Waals surface area contributed by atoms with Crippen LogP contribution in [0.25, 0.3) is 0 Å². The summed E-state index contributed by atoms with van der Waals surface area (Å²) in [6, 6.07) is 0. The SMILES string of the molecule is CC(C(C)(C)C)P(=O)(O)O. The van der Waals surface area contributed by atoms with E-state index in [0.29, 0.717) is 0 Å². The Morgan fingerprint density at radius 2 is 1.60 bits per heavy atom. The second-order valence-electron chi connectivity index (χ2n) is 3.63. The van der Waals surface area contributed by atoms with Crippen molar-refractivity contribution in [1.29, 1.82) is 0 Å². The zero-order chi connectivity index (χ0) is 8.58. The van der Waals surface area contributed by atoms with E-state index in [4.69, 9.17) is 9.79 Å². The molecule has 0 aliphatic rings. The van der Waals surface area contributed by atoms with Crippen molar-refractivity contribution in [2.75, 3.05) is 0 Å². The third-order valence-corrected chi connectivity index (χ3v) is 3.54. The van der Waals surface area contributed by atoms with Gasteiger partial charge in [-0.3, -0.25) is 4.57 Å². The quantitative estimate of drug-likeness (QED) is 0.581. The van der Waals surface area contributed by atoms with Crippen LogP contribution >= 0.6 is 7.60 Å². The highest BCUT2D eigenvalue weighted by Gasteiger charge is 2.34. The number of hydrogen-bond donors (Lipinski definition) is 2. The second kappa shape index (κ2) is 2.65. The van der Waals surface area contributed by atoms with Crippen molar-refractivity contribution in [3.05, 3.63) is 0 Å². The molecule has 1 unspecified atom stereocenters. The molecule has 0 bridgehead atoms. The zero-order valence-electron chi connectivity index (χ0n) is 6.83. The summed E-state index contributed by atoms with van der Waals surface area (Å²) in [5.74, 6) is 0. The van der Waals surface area contributed by atoms with Crippen LogP contribution in [-0.4, -0.2) is 15.4 Å². The predicted molar refractivity (Wildman–Crippen MR) is 41.0 cm³/mol. The maximum atomic E-state index is 10.7. The van der Waals surface area contributed by atoms with Crippen LogP contribution in [-0.2, 0) is 4.57 Å². The lowest BCUT2D eigenvalue weighted by Gasteiger charge is -2.27. The van der Waals surface area contributed by atoms with Gasteiger partial charge in [0.1, 0.15) is 0 Å². The molecule has 0 amide bonds. The van der Waals surface area contributed by atoms with E-state index in [1.165, 1.54) is 0 Å². The van der Waals surface area contributed by atoms with Crippen molar-refractivity contribution >= 4 is 7.60 Å². The molecule has 0 heterocycles. The van der Waals surface area contributed by atoms with Crippen LogP contribution in [0.1, 0.15) is 27.7 Å². The Balaban J connectivity index is 4.39. The molecule has 0 radical (unpaired) electrons. The lowest BCUT2D eigenvalue weighted by atomic mass is 9.93. The van der Waals surface area contributed by atoms with Gasteiger partial charge in [0.25, 0.3) is 0 Å². The van der Waals surface area contributed by atoms with Crippen molar-refractivity contribution in [3.8, 4) is 0 Å². The van der Waals surface area contributed by atoms with Crippen LogP contribution in [0.15, 0.2) is 0 Å². The van der Waals surface area contributed by atoms with Gasteiger partial charge in [-0.25, -0.2) is 0 Å². The zero-order valence-corrected chi connectivity index (χ0v) is 7.72. The Hall–Kier alpha value is 0.150. The van der Waals surface area contributed by atoms with E-state index < -0.39 is 13.3 Å². The highest BCUT2D eigenvalue weighted by molar-refractivity contribution is 7.52. The van der Waals surface area contributed by atoms with Crippen molar-refractivity contribution in [3.63, 3.8) is 0 Å². The molecule has 10 heavy (non-hydrogen) atoms. The normalized spacial score (nSPS) is 17.0. The van der Waals surface area contributed by atoms with Gasteiger partial charge in [0.15, 0.2) is 0 Å². The van der Waals surface area contributed by atoms with Crippen LogP contribution < -0.4 is 0 Å². The van der Waals surface area contributed by atoms with E-state index in [0.717, 1.165) is 0 Å². The third kappa shape index (κ3) is 2.82. The maximum absolute atomic E-state index is 10.7. The molecule has 0 aliphatic carbocycles. The van der Waals surface area contributed by atoms with Gasteiger partial charge in [-0.15, -0.1) is 0 Å². The van der Waals surface area contributed by atoms with E-state index >= 15 is 0 Å². The molecule has 0 aromatic heterocycles. The topological polar surface area (TPSA) is 57.5 Å². The van der Waals surface area contributed by atoms with Gasteiger partial charge < -0.3 is 9.79 Å².